The average Bonchev–Trinajstić information content (AvgIpc) is 2.29. The number of nitrogens with one attached hydrogen (secondary N) is 1. The standard InChI is InChI=1S/C12H17BrN2O2/c1-14-7-12(16)15(2)8-9-6-10(13)4-5-11(9)17-3/h4-6,14H,7-8H2,1-3H3. The summed E-state index contributed by atoms with van der Waals surface area (Å²) in [5.74, 6) is 0.840. The molecule has 0 bridgehead atoms. The zero-order valence-corrected chi connectivity index (χ0v) is 11.9. The Labute approximate surface area is 110 Å². The number of carbonyl (C=O) groups is 1. The highest BCUT2D eigenvalue weighted by Crippen LogP contribution is 2.23. The van der Waals surface area contributed by atoms with Gasteiger partial charge in [-0.1, -0.05) is 15.9 Å². The van der Waals surface area contributed by atoms with Gasteiger partial charge in [-0.15, -0.1) is 0 Å². The molecule has 0 aliphatic heterocycles. The van der Waals surface area contributed by atoms with Gasteiger partial charge in [-0.3, -0.25) is 4.79 Å². The molecule has 17 heavy (non-hydrogen) atoms. The first-order valence-electron chi connectivity index (χ1n) is 5.29. The van der Waals surface area contributed by atoms with Crippen molar-refractivity contribution in [1.29, 1.82) is 0 Å². The van der Waals surface area contributed by atoms with Gasteiger partial charge in [0.2, 0.25) is 5.91 Å². The van der Waals surface area contributed by atoms with E-state index in [-0.39, 0.29) is 5.91 Å². The molecular formula is C12H17BrN2O2. The lowest BCUT2D eigenvalue weighted by Crippen LogP contribution is -2.33. The topological polar surface area (TPSA) is 41.6 Å². The maximum absolute atomic E-state index is 11.6. The second-order valence-electron chi connectivity index (χ2n) is 3.74. The van der Waals surface area contributed by atoms with E-state index in [0.29, 0.717) is 13.1 Å². The molecule has 0 atom stereocenters. The molecule has 0 heterocycles. The molecule has 0 radical (unpaired) electrons. The van der Waals surface area contributed by atoms with Crippen molar-refractivity contribution < 1.29 is 9.53 Å². The zero-order chi connectivity index (χ0) is 12.8. The van der Waals surface area contributed by atoms with E-state index < -0.39 is 0 Å². The number of amides is 1. The van der Waals surface area contributed by atoms with E-state index >= 15 is 0 Å². The minimum Gasteiger partial charge on any atom is -0.496 e. The van der Waals surface area contributed by atoms with E-state index in [2.05, 4.69) is 21.2 Å². The molecule has 1 aromatic rings. The third-order valence-electron chi connectivity index (χ3n) is 2.40. The molecule has 0 unspecified atom stereocenters. The van der Waals surface area contributed by atoms with Crippen LogP contribution in [0.25, 0.3) is 0 Å². The van der Waals surface area contributed by atoms with E-state index in [4.69, 9.17) is 4.74 Å². The Morgan fingerprint density at radius 2 is 2.24 bits per heavy atom. The molecule has 1 amide bonds. The van der Waals surface area contributed by atoms with Gasteiger partial charge in [-0.05, 0) is 25.2 Å². The van der Waals surface area contributed by atoms with Crippen molar-refractivity contribution in [2.24, 2.45) is 0 Å². The van der Waals surface area contributed by atoms with E-state index in [1.807, 2.05) is 18.2 Å². The van der Waals surface area contributed by atoms with Crippen molar-refractivity contribution in [2.45, 2.75) is 6.54 Å². The van der Waals surface area contributed by atoms with Crippen molar-refractivity contribution in [3.05, 3.63) is 28.2 Å². The van der Waals surface area contributed by atoms with Crippen molar-refractivity contribution in [1.82, 2.24) is 10.2 Å². The van der Waals surface area contributed by atoms with E-state index in [1.165, 1.54) is 0 Å². The van der Waals surface area contributed by atoms with E-state index in [0.717, 1.165) is 15.8 Å². The lowest BCUT2D eigenvalue weighted by Gasteiger charge is -2.19. The van der Waals surface area contributed by atoms with Gasteiger partial charge in [0, 0.05) is 23.6 Å². The second-order valence-corrected chi connectivity index (χ2v) is 4.65. The lowest BCUT2D eigenvalue weighted by molar-refractivity contribution is -0.129. The molecule has 0 aliphatic carbocycles. The van der Waals surface area contributed by atoms with Gasteiger partial charge in [0.15, 0.2) is 0 Å². The van der Waals surface area contributed by atoms with Crippen molar-refractivity contribution in [2.75, 3.05) is 27.7 Å². The fraction of sp³-hybridized carbons (Fsp3) is 0.417. The molecule has 0 fully saturated rings. The van der Waals surface area contributed by atoms with Crippen molar-refractivity contribution in [3.8, 4) is 5.75 Å². The number of nitrogens with zero attached hydrogens (tertiary/aromatic N) is 1. The Kier molecular flexibility index (Phi) is 5.44. The summed E-state index contributed by atoms with van der Waals surface area (Å²) in [4.78, 5) is 13.3. The second kappa shape index (κ2) is 6.61. The molecule has 0 spiro atoms. The molecule has 1 aromatic carbocycles. The number of ether oxygens (including phenoxy) is 1. The van der Waals surface area contributed by atoms with Gasteiger partial charge in [0.1, 0.15) is 5.75 Å². The summed E-state index contributed by atoms with van der Waals surface area (Å²) >= 11 is 3.41. The van der Waals surface area contributed by atoms with Gasteiger partial charge in [-0.2, -0.15) is 0 Å². The minimum atomic E-state index is 0.0505. The van der Waals surface area contributed by atoms with Crippen LogP contribution in [0.2, 0.25) is 0 Å². The van der Waals surface area contributed by atoms with Crippen LogP contribution in [0.4, 0.5) is 0 Å². The minimum absolute atomic E-state index is 0.0505. The summed E-state index contributed by atoms with van der Waals surface area (Å²) in [6, 6.07) is 5.76. The number of carbonyl (C=O) groups excluding carboxylic acids is 1. The predicted molar refractivity (Wildman–Crippen MR) is 71.1 cm³/mol. The van der Waals surface area contributed by atoms with Crippen LogP contribution in [0.5, 0.6) is 5.75 Å². The first kappa shape index (κ1) is 14.0. The van der Waals surface area contributed by atoms with Gasteiger partial charge < -0.3 is 15.0 Å². The normalized spacial score (nSPS) is 10.1. The Balaban J connectivity index is 2.79. The molecule has 1 N–H and O–H groups in total. The van der Waals surface area contributed by atoms with Crippen LogP contribution in [0.1, 0.15) is 5.56 Å². The van der Waals surface area contributed by atoms with E-state index in [9.17, 15) is 4.79 Å². The Morgan fingerprint density at radius 1 is 1.53 bits per heavy atom. The first-order chi connectivity index (χ1) is 8.08. The number of rotatable bonds is 5. The van der Waals surface area contributed by atoms with Crippen LogP contribution < -0.4 is 10.1 Å². The molecule has 4 nitrogen and oxygen atoms in total. The van der Waals surface area contributed by atoms with Crippen LogP contribution in [0.15, 0.2) is 22.7 Å². The van der Waals surface area contributed by atoms with Crippen molar-refractivity contribution >= 4 is 21.8 Å². The van der Waals surface area contributed by atoms with Gasteiger partial charge in [0.05, 0.1) is 13.7 Å². The third-order valence-corrected chi connectivity index (χ3v) is 2.90. The first-order valence-corrected chi connectivity index (χ1v) is 6.08. The molecule has 0 aromatic heterocycles. The Bertz CT molecular complexity index is 396. The molecule has 1 rings (SSSR count). The monoisotopic (exact) mass is 300 g/mol. The van der Waals surface area contributed by atoms with Crippen LogP contribution in [0.3, 0.4) is 0 Å². The van der Waals surface area contributed by atoms with Gasteiger partial charge >= 0.3 is 0 Å². The highest BCUT2D eigenvalue weighted by Gasteiger charge is 2.11. The SMILES string of the molecule is CNCC(=O)N(C)Cc1cc(Br)ccc1OC. The Morgan fingerprint density at radius 3 is 2.82 bits per heavy atom. The fourth-order valence-electron chi connectivity index (χ4n) is 1.50. The summed E-state index contributed by atoms with van der Waals surface area (Å²) in [5.41, 5.74) is 0.980. The summed E-state index contributed by atoms with van der Waals surface area (Å²) in [6.07, 6.45) is 0. The predicted octanol–water partition coefficient (Wildman–Crippen LogP) is 1.64. The smallest absolute Gasteiger partial charge is 0.236 e. The third kappa shape index (κ3) is 4.02. The highest BCUT2D eigenvalue weighted by atomic mass is 79.9. The molecular weight excluding hydrogens is 284 g/mol. The maximum Gasteiger partial charge on any atom is 0.236 e. The number of methoxy groups -OCH3 is 1. The molecule has 0 saturated heterocycles. The molecule has 0 aliphatic rings. The summed E-state index contributed by atoms with van der Waals surface area (Å²) < 4.78 is 6.24. The fourth-order valence-corrected chi connectivity index (χ4v) is 1.91. The number of hydrogen-bond donors (Lipinski definition) is 1. The molecule has 94 valence electrons. The number of halogens is 1. The summed E-state index contributed by atoms with van der Waals surface area (Å²) in [6.45, 7) is 0.871. The quantitative estimate of drug-likeness (QED) is 0.899. The van der Waals surface area contributed by atoms with Gasteiger partial charge in [0.25, 0.3) is 0 Å². The number of benzene rings is 1. The largest absolute Gasteiger partial charge is 0.496 e. The van der Waals surface area contributed by atoms with Crippen LogP contribution in [0, 0.1) is 0 Å². The zero-order valence-electron chi connectivity index (χ0n) is 10.3. The summed E-state index contributed by atoms with van der Waals surface area (Å²) in [7, 11) is 5.16. The summed E-state index contributed by atoms with van der Waals surface area (Å²) in [5, 5.41) is 2.84. The lowest BCUT2D eigenvalue weighted by atomic mass is 10.2. The average molecular weight is 301 g/mol. The van der Waals surface area contributed by atoms with Crippen LogP contribution in [-0.4, -0.2) is 38.6 Å². The molecule has 5 heteroatoms. The number of hydrogen-bond acceptors (Lipinski definition) is 3. The highest BCUT2D eigenvalue weighted by molar-refractivity contribution is 9.10. The van der Waals surface area contributed by atoms with Crippen LogP contribution >= 0.6 is 15.9 Å². The number of likely N-dealkylation sites (N-methyl/N-ethyl adjacent to an activating group) is 2. The molecule has 0 saturated carbocycles. The van der Waals surface area contributed by atoms with Crippen LogP contribution in [-0.2, 0) is 11.3 Å². The maximum atomic E-state index is 11.6. The van der Waals surface area contributed by atoms with Crippen molar-refractivity contribution in [3.63, 3.8) is 0 Å². The van der Waals surface area contributed by atoms with E-state index in [1.54, 1.807) is 26.1 Å². The Hall–Kier alpha value is -1.07. The van der Waals surface area contributed by atoms with Gasteiger partial charge in [-0.25, -0.2) is 0 Å².